The summed E-state index contributed by atoms with van der Waals surface area (Å²) in [6, 6.07) is 0. The molecule has 0 radical (unpaired) electrons. The van der Waals surface area contributed by atoms with E-state index in [-0.39, 0.29) is 18.4 Å². The van der Waals surface area contributed by atoms with E-state index in [1.165, 1.54) is 6.92 Å². The van der Waals surface area contributed by atoms with Crippen molar-refractivity contribution in [2.24, 2.45) is 11.8 Å². The van der Waals surface area contributed by atoms with Crippen molar-refractivity contribution in [1.29, 1.82) is 0 Å². The molecule has 150 valence electrons. The Morgan fingerprint density at radius 1 is 1.44 bits per heavy atom. The maximum Gasteiger partial charge on any atom is 0.367 e. The first kappa shape index (κ1) is 19.8. The second-order valence-electron chi connectivity index (χ2n) is 6.93. The van der Waals surface area contributed by atoms with Gasteiger partial charge in [-0.2, -0.15) is 8.78 Å². The van der Waals surface area contributed by atoms with Gasteiger partial charge in [-0.1, -0.05) is 6.58 Å². The molecule has 1 aliphatic carbocycles. The molecule has 12 heteroatoms. The normalized spacial score (nSPS) is 34.6. The number of carbonyl (C=O) groups excluding carboxylic acids is 3. The van der Waals surface area contributed by atoms with Crippen LogP contribution in [-0.2, 0) is 38.7 Å². The molecule has 0 N–H and O–H groups in total. The predicted molar refractivity (Wildman–Crippen MR) is 79.1 cm³/mol. The summed E-state index contributed by atoms with van der Waals surface area (Å²) in [4.78, 5) is 36.3. The highest BCUT2D eigenvalue weighted by Crippen LogP contribution is 2.58. The number of alkyl halides is 2. The average Bonchev–Trinajstić information content (AvgIpc) is 3.10. The molecule has 0 aromatic carbocycles. The molecule has 0 aromatic rings. The summed E-state index contributed by atoms with van der Waals surface area (Å²) < 4.78 is 72.9. The second-order valence-corrected chi connectivity index (χ2v) is 8.43. The Bertz CT molecular complexity index is 836. The first-order valence-corrected chi connectivity index (χ1v) is 9.27. The zero-order valence-electron chi connectivity index (χ0n) is 14.0. The van der Waals surface area contributed by atoms with Gasteiger partial charge in [0.2, 0.25) is 0 Å². The van der Waals surface area contributed by atoms with Gasteiger partial charge in [0, 0.05) is 18.4 Å². The molecule has 0 aromatic heterocycles. The molecule has 2 aliphatic heterocycles. The summed E-state index contributed by atoms with van der Waals surface area (Å²) in [5, 5.41) is -4.79. The van der Waals surface area contributed by atoms with E-state index in [0.717, 1.165) is 0 Å². The Morgan fingerprint density at radius 3 is 2.63 bits per heavy atom. The molecule has 1 saturated carbocycles. The van der Waals surface area contributed by atoms with Gasteiger partial charge in [0.1, 0.15) is 17.5 Å². The molecule has 27 heavy (non-hydrogen) atoms. The lowest BCUT2D eigenvalue weighted by atomic mass is 9.77. The van der Waals surface area contributed by atoms with Crippen LogP contribution in [-0.4, -0.2) is 60.4 Å². The van der Waals surface area contributed by atoms with Gasteiger partial charge >= 0.3 is 17.2 Å². The third kappa shape index (κ3) is 3.05. The Labute approximate surface area is 152 Å². The molecule has 3 fully saturated rings. The number of esters is 2. The van der Waals surface area contributed by atoms with Crippen molar-refractivity contribution >= 4 is 27.8 Å². The van der Waals surface area contributed by atoms with Crippen molar-refractivity contribution in [3.8, 4) is 0 Å². The highest BCUT2D eigenvalue weighted by molar-refractivity contribution is 7.86. The lowest BCUT2D eigenvalue weighted by molar-refractivity contribution is -0.161. The van der Waals surface area contributed by atoms with Crippen molar-refractivity contribution in [3.63, 3.8) is 0 Å². The van der Waals surface area contributed by atoms with Crippen molar-refractivity contribution in [3.05, 3.63) is 12.2 Å². The van der Waals surface area contributed by atoms with Crippen LogP contribution in [0.4, 0.5) is 8.78 Å². The molecule has 2 bridgehead atoms. The molecule has 0 spiro atoms. The van der Waals surface area contributed by atoms with Crippen molar-refractivity contribution < 1.29 is 50.3 Å². The van der Waals surface area contributed by atoms with Gasteiger partial charge in [-0.3, -0.25) is 9.59 Å². The van der Waals surface area contributed by atoms with Gasteiger partial charge in [0.05, 0.1) is 17.9 Å². The van der Waals surface area contributed by atoms with Gasteiger partial charge in [-0.15, -0.1) is 0 Å². The number of hydrogen-bond donors (Lipinski definition) is 0. The van der Waals surface area contributed by atoms with E-state index in [0.29, 0.717) is 0 Å². The van der Waals surface area contributed by atoms with E-state index >= 15 is 0 Å². The maximum atomic E-state index is 13.2. The number of fused-ring (bicyclic) bond motifs is 1. The van der Waals surface area contributed by atoms with Gasteiger partial charge in [-0.25, -0.2) is 13.2 Å². The van der Waals surface area contributed by atoms with Gasteiger partial charge in [-0.05, 0) is 6.92 Å². The largest absolute Gasteiger partial charge is 0.743 e. The summed E-state index contributed by atoms with van der Waals surface area (Å²) in [7, 11) is -6.01. The van der Waals surface area contributed by atoms with Gasteiger partial charge in [0.25, 0.3) is 0 Å². The lowest BCUT2D eigenvalue weighted by Crippen LogP contribution is -2.47. The molecule has 3 rings (SSSR count). The average molecular weight is 409 g/mol. The van der Waals surface area contributed by atoms with Crippen LogP contribution < -0.4 is 0 Å². The molecule has 3 aliphatic rings. The fraction of sp³-hybridized carbons (Fsp3) is 0.667. The van der Waals surface area contributed by atoms with E-state index in [1.54, 1.807) is 0 Å². The third-order valence-corrected chi connectivity index (χ3v) is 5.86. The maximum absolute atomic E-state index is 13.2. The molecule has 0 amide bonds. The number of ketones is 1. The number of rotatable bonds is 6. The molecule has 5 unspecified atom stereocenters. The van der Waals surface area contributed by atoms with Crippen LogP contribution in [0.3, 0.4) is 0 Å². The minimum absolute atomic E-state index is 0.0189. The van der Waals surface area contributed by atoms with Gasteiger partial charge in [0.15, 0.2) is 16.7 Å². The predicted octanol–water partition coefficient (Wildman–Crippen LogP) is -0.0980. The first-order chi connectivity index (χ1) is 12.3. The smallest absolute Gasteiger partial charge is 0.367 e. The molecular weight excluding hydrogens is 394 g/mol. The zero-order chi connectivity index (χ0) is 20.4. The number of hydrogen-bond acceptors (Lipinski definition) is 9. The number of halogens is 2. The van der Waals surface area contributed by atoms with E-state index < -0.39 is 69.3 Å². The molecule has 2 saturated heterocycles. The lowest BCUT2D eigenvalue weighted by Gasteiger charge is -2.32. The van der Waals surface area contributed by atoms with Gasteiger partial charge < -0.3 is 18.8 Å². The highest BCUT2D eigenvalue weighted by atomic mass is 32.2. The summed E-state index contributed by atoms with van der Waals surface area (Å²) in [6.07, 6.45) is -2.07. The quantitative estimate of drug-likeness (QED) is 0.335. The second kappa shape index (κ2) is 6.04. The molecule has 2 heterocycles. The number of Topliss-reactive ketones (excluding diaryl/α,β-unsaturated/α-hetero) is 1. The molecule has 5 atom stereocenters. The van der Waals surface area contributed by atoms with E-state index in [2.05, 4.69) is 11.3 Å². The van der Waals surface area contributed by atoms with Crippen LogP contribution in [0.25, 0.3) is 0 Å². The fourth-order valence-electron chi connectivity index (χ4n) is 3.84. The van der Waals surface area contributed by atoms with E-state index in [4.69, 9.17) is 9.47 Å². The Balaban J connectivity index is 1.73. The number of carbonyl (C=O) groups is 3. The van der Waals surface area contributed by atoms with E-state index in [9.17, 15) is 36.1 Å². The van der Waals surface area contributed by atoms with Crippen LogP contribution in [0.1, 0.15) is 19.8 Å². The fourth-order valence-corrected chi connectivity index (χ4v) is 4.05. The first-order valence-electron chi connectivity index (χ1n) is 7.86. The SMILES string of the molecule is C=C(C)C(=O)OC12CC(=O)C3C(C(=O)OCC(F)(F)S(=O)(=O)[O-])C(C1)OC32. The minimum Gasteiger partial charge on any atom is -0.743 e. The van der Waals surface area contributed by atoms with Crippen molar-refractivity contribution in [1.82, 2.24) is 0 Å². The summed E-state index contributed by atoms with van der Waals surface area (Å²) >= 11 is 0. The Hall–Kier alpha value is -1.92. The van der Waals surface area contributed by atoms with E-state index in [1.807, 2.05) is 0 Å². The molecule has 9 nitrogen and oxygen atoms in total. The van der Waals surface area contributed by atoms with Crippen LogP contribution in [0.5, 0.6) is 0 Å². The zero-order valence-corrected chi connectivity index (χ0v) is 14.8. The Morgan fingerprint density at radius 2 is 2.07 bits per heavy atom. The minimum atomic E-state index is -6.01. The van der Waals surface area contributed by atoms with Crippen LogP contribution >= 0.6 is 0 Å². The highest BCUT2D eigenvalue weighted by Gasteiger charge is 2.73. The summed E-state index contributed by atoms with van der Waals surface area (Å²) in [5.41, 5.74) is -1.14. The van der Waals surface area contributed by atoms with Crippen LogP contribution in [0.2, 0.25) is 0 Å². The Kier molecular flexibility index (Phi) is 4.44. The number of ether oxygens (including phenoxy) is 3. The van der Waals surface area contributed by atoms with Crippen LogP contribution in [0, 0.1) is 11.8 Å². The summed E-state index contributed by atoms with van der Waals surface area (Å²) in [6.45, 7) is 2.91. The third-order valence-electron chi connectivity index (χ3n) is 5.01. The molecular formula is C15H15F2O9S-. The summed E-state index contributed by atoms with van der Waals surface area (Å²) in [5.74, 6) is -4.76. The monoisotopic (exact) mass is 409 g/mol. The van der Waals surface area contributed by atoms with Crippen molar-refractivity contribution in [2.75, 3.05) is 6.61 Å². The van der Waals surface area contributed by atoms with Crippen LogP contribution in [0.15, 0.2) is 12.2 Å². The van der Waals surface area contributed by atoms with Crippen molar-refractivity contribution in [2.45, 2.75) is 42.8 Å². The topological polar surface area (TPSA) is 136 Å². The standard InChI is InChI=1S/C15H16F2O9S/c1-6(2)12(19)26-14-3-7(18)9-10(8(4-14)25-11(9)14)13(20)24-5-15(16,17)27(21,22)23/h8-11H,1,3-5H2,2H3,(H,21,22,23)/p-1.